The first kappa shape index (κ1) is 9.45. The molecule has 0 atom stereocenters. The highest BCUT2D eigenvalue weighted by Gasteiger charge is 2.01. The zero-order chi connectivity index (χ0) is 9.68. The van der Waals surface area contributed by atoms with Gasteiger partial charge in [0, 0.05) is 5.57 Å². The molecule has 0 saturated heterocycles. The third-order valence-corrected chi connectivity index (χ3v) is 1.50. The second-order valence-corrected chi connectivity index (χ2v) is 2.60. The lowest BCUT2D eigenvalue weighted by Gasteiger charge is -1.91. The number of rotatable bonds is 3. The SMILES string of the molecule is C=C/C=C(\C=C/C)c1n[nH]c(C)n1. The van der Waals surface area contributed by atoms with Crippen LogP contribution in [0, 0.1) is 6.92 Å². The topological polar surface area (TPSA) is 41.6 Å². The number of hydrogen-bond acceptors (Lipinski definition) is 2. The first-order chi connectivity index (χ1) is 6.27. The molecule has 3 nitrogen and oxygen atoms in total. The van der Waals surface area contributed by atoms with Crippen molar-refractivity contribution >= 4 is 5.57 Å². The molecule has 0 aliphatic rings. The van der Waals surface area contributed by atoms with Crippen molar-refractivity contribution in [2.75, 3.05) is 0 Å². The number of nitrogens with one attached hydrogen (secondary N) is 1. The fraction of sp³-hybridized carbons (Fsp3) is 0.200. The van der Waals surface area contributed by atoms with Crippen molar-refractivity contribution in [3.8, 4) is 0 Å². The maximum atomic E-state index is 4.21. The van der Waals surface area contributed by atoms with Crippen molar-refractivity contribution in [2.24, 2.45) is 0 Å². The molecule has 0 unspecified atom stereocenters. The molecule has 0 aliphatic carbocycles. The van der Waals surface area contributed by atoms with Gasteiger partial charge in [-0.1, -0.05) is 30.9 Å². The van der Waals surface area contributed by atoms with E-state index in [1.54, 1.807) is 6.08 Å². The van der Waals surface area contributed by atoms with Gasteiger partial charge in [-0.2, -0.15) is 5.10 Å². The van der Waals surface area contributed by atoms with Crippen LogP contribution in [0.2, 0.25) is 0 Å². The predicted octanol–water partition coefficient (Wildman–Crippen LogP) is 2.26. The number of hydrogen-bond donors (Lipinski definition) is 1. The van der Waals surface area contributed by atoms with Crippen molar-refractivity contribution in [3.63, 3.8) is 0 Å². The third kappa shape index (κ3) is 2.40. The normalized spacial score (nSPS) is 12.3. The Hall–Kier alpha value is -1.64. The van der Waals surface area contributed by atoms with Crippen molar-refractivity contribution in [2.45, 2.75) is 13.8 Å². The molecule has 0 amide bonds. The van der Waals surface area contributed by atoms with E-state index in [1.807, 2.05) is 32.1 Å². The number of aryl methyl sites for hydroxylation is 1. The zero-order valence-electron chi connectivity index (χ0n) is 7.91. The van der Waals surface area contributed by atoms with Crippen LogP contribution in [-0.4, -0.2) is 15.2 Å². The van der Waals surface area contributed by atoms with E-state index < -0.39 is 0 Å². The highest BCUT2D eigenvalue weighted by molar-refractivity contribution is 5.70. The van der Waals surface area contributed by atoms with E-state index in [2.05, 4.69) is 21.8 Å². The van der Waals surface area contributed by atoms with Gasteiger partial charge in [-0.3, -0.25) is 5.10 Å². The molecule has 1 rings (SSSR count). The average Bonchev–Trinajstić information content (AvgIpc) is 2.51. The Kier molecular flexibility index (Phi) is 3.20. The Bertz CT molecular complexity index is 345. The summed E-state index contributed by atoms with van der Waals surface area (Å²) < 4.78 is 0. The molecule has 0 saturated carbocycles. The van der Waals surface area contributed by atoms with Crippen LogP contribution >= 0.6 is 0 Å². The summed E-state index contributed by atoms with van der Waals surface area (Å²) >= 11 is 0. The van der Waals surface area contributed by atoms with Gasteiger partial charge in [0.05, 0.1) is 0 Å². The molecule has 1 aromatic rings. The van der Waals surface area contributed by atoms with Gasteiger partial charge in [-0.15, -0.1) is 0 Å². The highest BCUT2D eigenvalue weighted by Crippen LogP contribution is 2.10. The van der Waals surface area contributed by atoms with Gasteiger partial charge in [-0.25, -0.2) is 4.98 Å². The van der Waals surface area contributed by atoms with Crippen LogP contribution in [0.5, 0.6) is 0 Å². The minimum Gasteiger partial charge on any atom is -0.263 e. The standard InChI is InChI=1S/C10H13N3/c1-4-6-9(7-5-2)10-11-8(3)12-13-10/h4-7H,1H2,2-3H3,(H,11,12,13)/b7-5-,9-6+. The molecular weight excluding hydrogens is 162 g/mol. The molecule has 0 aromatic carbocycles. The van der Waals surface area contributed by atoms with Crippen LogP contribution in [-0.2, 0) is 0 Å². The van der Waals surface area contributed by atoms with Crippen LogP contribution < -0.4 is 0 Å². The van der Waals surface area contributed by atoms with Gasteiger partial charge in [0.15, 0.2) is 5.82 Å². The molecule has 0 fully saturated rings. The second-order valence-electron chi connectivity index (χ2n) is 2.60. The summed E-state index contributed by atoms with van der Waals surface area (Å²) in [7, 11) is 0. The smallest absolute Gasteiger partial charge is 0.181 e. The summed E-state index contributed by atoms with van der Waals surface area (Å²) in [4.78, 5) is 4.21. The number of nitrogens with zero attached hydrogens (tertiary/aromatic N) is 2. The molecule has 0 bridgehead atoms. The minimum atomic E-state index is 0.704. The quantitative estimate of drug-likeness (QED) is 0.716. The summed E-state index contributed by atoms with van der Waals surface area (Å²) in [5.41, 5.74) is 0.960. The Balaban J connectivity index is 3.01. The van der Waals surface area contributed by atoms with Gasteiger partial charge in [0.1, 0.15) is 5.82 Å². The molecule has 1 N–H and O–H groups in total. The molecule has 13 heavy (non-hydrogen) atoms. The van der Waals surface area contributed by atoms with Crippen LogP contribution in [0.3, 0.4) is 0 Å². The monoisotopic (exact) mass is 175 g/mol. The predicted molar refractivity (Wildman–Crippen MR) is 54.1 cm³/mol. The van der Waals surface area contributed by atoms with E-state index in [4.69, 9.17) is 0 Å². The van der Waals surface area contributed by atoms with Gasteiger partial charge < -0.3 is 0 Å². The van der Waals surface area contributed by atoms with E-state index in [-0.39, 0.29) is 0 Å². The van der Waals surface area contributed by atoms with E-state index in [0.29, 0.717) is 5.82 Å². The Labute approximate surface area is 77.9 Å². The summed E-state index contributed by atoms with van der Waals surface area (Å²) in [5.74, 6) is 1.52. The van der Waals surface area contributed by atoms with Crippen molar-refractivity contribution in [1.29, 1.82) is 0 Å². The molecular formula is C10H13N3. The van der Waals surface area contributed by atoms with Crippen molar-refractivity contribution in [1.82, 2.24) is 15.2 Å². The lowest BCUT2D eigenvalue weighted by Crippen LogP contribution is -1.83. The van der Waals surface area contributed by atoms with Gasteiger partial charge in [0.2, 0.25) is 0 Å². The van der Waals surface area contributed by atoms with Crippen LogP contribution in [0.25, 0.3) is 5.57 Å². The van der Waals surface area contributed by atoms with Gasteiger partial charge in [-0.05, 0) is 13.8 Å². The van der Waals surface area contributed by atoms with Crippen molar-refractivity contribution < 1.29 is 0 Å². The van der Waals surface area contributed by atoms with Gasteiger partial charge >= 0.3 is 0 Å². The average molecular weight is 175 g/mol. The zero-order valence-corrected chi connectivity index (χ0v) is 7.91. The third-order valence-electron chi connectivity index (χ3n) is 1.50. The Morgan fingerprint density at radius 1 is 1.54 bits per heavy atom. The molecule has 0 spiro atoms. The van der Waals surface area contributed by atoms with E-state index in [0.717, 1.165) is 11.4 Å². The van der Waals surface area contributed by atoms with E-state index in [1.165, 1.54) is 0 Å². The lowest BCUT2D eigenvalue weighted by molar-refractivity contribution is 1.03. The first-order valence-corrected chi connectivity index (χ1v) is 4.12. The molecule has 1 aromatic heterocycles. The van der Waals surface area contributed by atoms with E-state index in [9.17, 15) is 0 Å². The maximum Gasteiger partial charge on any atom is 0.181 e. The largest absolute Gasteiger partial charge is 0.263 e. The fourth-order valence-corrected chi connectivity index (χ4v) is 0.983. The maximum absolute atomic E-state index is 4.21. The summed E-state index contributed by atoms with van der Waals surface area (Å²) in [6, 6.07) is 0. The molecule has 0 aliphatic heterocycles. The van der Waals surface area contributed by atoms with E-state index >= 15 is 0 Å². The number of allylic oxidation sites excluding steroid dienone is 5. The highest BCUT2D eigenvalue weighted by atomic mass is 15.2. The number of aromatic amines is 1. The summed E-state index contributed by atoms with van der Waals surface area (Å²) in [6.45, 7) is 7.47. The number of aromatic nitrogens is 3. The Morgan fingerprint density at radius 3 is 2.77 bits per heavy atom. The lowest BCUT2D eigenvalue weighted by atomic mass is 10.2. The van der Waals surface area contributed by atoms with Gasteiger partial charge in [0.25, 0.3) is 0 Å². The fourth-order valence-electron chi connectivity index (χ4n) is 0.983. The molecule has 68 valence electrons. The van der Waals surface area contributed by atoms with Crippen molar-refractivity contribution in [3.05, 3.63) is 42.5 Å². The number of H-pyrrole nitrogens is 1. The van der Waals surface area contributed by atoms with Crippen LogP contribution in [0.15, 0.2) is 30.9 Å². The summed E-state index contributed by atoms with van der Waals surface area (Å²) in [5, 5.41) is 6.85. The first-order valence-electron chi connectivity index (χ1n) is 4.12. The van der Waals surface area contributed by atoms with Crippen LogP contribution in [0.4, 0.5) is 0 Å². The Morgan fingerprint density at radius 2 is 2.31 bits per heavy atom. The molecule has 3 heteroatoms. The molecule has 0 radical (unpaired) electrons. The second kappa shape index (κ2) is 4.40. The summed E-state index contributed by atoms with van der Waals surface area (Å²) in [6.07, 6.45) is 7.49. The molecule has 1 heterocycles. The minimum absolute atomic E-state index is 0.704. The van der Waals surface area contributed by atoms with Crippen LogP contribution in [0.1, 0.15) is 18.6 Å².